The minimum Gasteiger partial charge on any atom is -0.435 e. The first-order valence-electron chi connectivity index (χ1n) is 5.19. The van der Waals surface area contributed by atoms with Gasteiger partial charge in [0.1, 0.15) is 29.3 Å². The summed E-state index contributed by atoms with van der Waals surface area (Å²) in [6.07, 6.45) is 0. The molecule has 0 rings (SSSR count). The number of hydrogen-bond acceptors (Lipinski definition) is 3. The largest absolute Gasteiger partial charge is 0.605 e. The van der Waals surface area contributed by atoms with Crippen LogP contribution in [-0.4, -0.2) is 36.6 Å². The van der Waals surface area contributed by atoms with Crippen molar-refractivity contribution in [1.82, 2.24) is 0 Å². The van der Waals surface area contributed by atoms with Crippen LogP contribution in [0, 0.1) is 0 Å². The Labute approximate surface area is 88.9 Å². The molecule has 0 heterocycles. The summed E-state index contributed by atoms with van der Waals surface area (Å²) < 4.78 is 16.7. The fourth-order valence-corrected chi connectivity index (χ4v) is 3.23. The van der Waals surface area contributed by atoms with Crippen LogP contribution in [-0.2, 0) is 13.0 Å². The summed E-state index contributed by atoms with van der Waals surface area (Å²) in [5.41, 5.74) is 0. The zero-order valence-electron chi connectivity index (χ0n) is 9.04. The summed E-state index contributed by atoms with van der Waals surface area (Å²) in [7, 11) is -1.43. The Kier molecular flexibility index (Phi) is 11.2. The maximum atomic E-state index is 5.56. The first kappa shape index (κ1) is 13.6. The van der Waals surface area contributed by atoms with Crippen molar-refractivity contribution in [2.24, 2.45) is 0 Å². The zero-order chi connectivity index (χ0) is 9.94. The molecule has 7 heteroatoms. The minimum absolute atomic E-state index is 0.273. The van der Waals surface area contributed by atoms with E-state index in [2.05, 4.69) is 20.8 Å². The van der Waals surface area contributed by atoms with Gasteiger partial charge in [0.05, 0.1) is 0 Å². The van der Waals surface area contributed by atoms with Gasteiger partial charge in [-0.15, -0.1) is 0 Å². The summed E-state index contributed by atoms with van der Waals surface area (Å²) in [4.78, 5) is 0. The van der Waals surface area contributed by atoms with E-state index in [1.165, 1.54) is 0 Å². The molecule has 0 aliphatic heterocycles. The molecule has 78 valence electrons. The van der Waals surface area contributed by atoms with Crippen LogP contribution in [0.1, 0.15) is 20.8 Å². The number of rotatable bonds is 9. The molecular weight excluding hydrogens is 215 g/mol. The van der Waals surface area contributed by atoms with E-state index in [-0.39, 0.29) is 36.6 Å². The molecule has 0 radical (unpaired) electrons. The Morgan fingerprint density at radius 3 is 1.31 bits per heavy atom. The van der Waals surface area contributed by atoms with Gasteiger partial charge in [0, 0.05) is 0 Å². The van der Waals surface area contributed by atoms with E-state index in [0.717, 1.165) is 18.1 Å². The molecule has 0 unspecified atom stereocenters. The van der Waals surface area contributed by atoms with Gasteiger partial charge in [-0.05, 0) is 18.1 Å². The van der Waals surface area contributed by atoms with E-state index >= 15 is 0 Å². The second-order valence-electron chi connectivity index (χ2n) is 2.90. The van der Waals surface area contributed by atoms with Crippen LogP contribution in [0.2, 0.25) is 18.1 Å². The molecule has 0 saturated carbocycles. The van der Waals surface area contributed by atoms with E-state index < -0.39 is 0 Å². The summed E-state index contributed by atoms with van der Waals surface area (Å²) in [5.74, 6) is 0. The van der Waals surface area contributed by atoms with Crippen molar-refractivity contribution >= 4 is 36.6 Å². The standard InChI is InChI=1S/C6H21BO3Si3/c1-4-11-8-7(9-12-5-2)10-13-6-3/h4-6,11-13H2,1-3H3. The average Bonchev–Trinajstić information content (AvgIpc) is 2.17. The van der Waals surface area contributed by atoms with E-state index in [9.17, 15) is 0 Å². The first-order valence-corrected chi connectivity index (χ1v) is 9.93. The first-order chi connectivity index (χ1) is 6.35. The molecule has 13 heavy (non-hydrogen) atoms. The Morgan fingerprint density at radius 1 is 0.769 bits per heavy atom. The molecule has 3 nitrogen and oxygen atoms in total. The van der Waals surface area contributed by atoms with E-state index in [0.29, 0.717) is 0 Å². The molecule has 0 aromatic rings. The highest BCUT2D eigenvalue weighted by atomic mass is 28.2. The monoisotopic (exact) mass is 236 g/mol. The van der Waals surface area contributed by atoms with Gasteiger partial charge < -0.3 is 13.0 Å². The smallest absolute Gasteiger partial charge is 0.435 e. The lowest BCUT2D eigenvalue weighted by Gasteiger charge is -2.13. The third-order valence-corrected chi connectivity index (χ3v) is 4.12. The van der Waals surface area contributed by atoms with Crippen molar-refractivity contribution in [2.75, 3.05) is 0 Å². The Bertz CT molecular complexity index is 90.1. The van der Waals surface area contributed by atoms with Crippen LogP contribution in [0.5, 0.6) is 0 Å². The van der Waals surface area contributed by atoms with Crippen molar-refractivity contribution in [3.8, 4) is 0 Å². The molecule has 0 amide bonds. The van der Waals surface area contributed by atoms with E-state index in [4.69, 9.17) is 13.0 Å². The molecule has 0 saturated heterocycles. The fourth-order valence-electron chi connectivity index (χ4n) is 0.787. The molecule has 0 aromatic carbocycles. The molecule has 0 bridgehead atoms. The molecule has 0 atom stereocenters. The normalized spacial score (nSPS) is 13.2. The van der Waals surface area contributed by atoms with Crippen LogP contribution in [0.3, 0.4) is 0 Å². The minimum atomic E-state index is -0.387. The maximum absolute atomic E-state index is 5.56. The lowest BCUT2D eigenvalue weighted by molar-refractivity contribution is 0.330. The van der Waals surface area contributed by atoms with Crippen LogP contribution in [0.25, 0.3) is 0 Å². The van der Waals surface area contributed by atoms with Crippen molar-refractivity contribution in [2.45, 2.75) is 38.9 Å². The van der Waals surface area contributed by atoms with Gasteiger partial charge in [0.15, 0.2) is 0 Å². The van der Waals surface area contributed by atoms with Crippen molar-refractivity contribution < 1.29 is 13.0 Å². The van der Waals surface area contributed by atoms with Crippen molar-refractivity contribution in [3.63, 3.8) is 0 Å². The van der Waals surface area contributed by atoms with Gasteiger partial charge in [0.2, 0.25) is 0 Å². The Morgan fingerprint density at radius 2 is 1.08 bits per heavy atom. The maximum Gasteiger partial charge on any atom is 0.605 e. The molecule has 0 fully saturated rings. The highest BCUT2D eigenvalue weighted by molar-refractivity contribution is 6.58. The van der Waals surface area contributed by atoms with E-state index in [1.807, 2.05) is 0 Å². The third-order valence-electron chi connectivity index (χ3n) is 1.37. The van der Waals surface area contributed by atoms with Gasteiger partial charge in [-0.2, -0.15) is 0 Å². The van der Waals surface area contributed by atoms with Gasteiger partial charge in [0.25, 0.3) is 0 Å². The lowest BCUT2D eigenvalue weighted by atomic mass is 10.3. The van der Waals surface area contributed by atoms with Crippen molar-refractivity contribution in [1.29, 1.82) is 0 Å². The van der Waals surface area contributed by atoms with Gasteiger partial charge in [-0.25, -0.2) is 0 Å². The SMILES string of the molecule is CC[SiH2]OB(O[SiH2]CC)O[SiH2]CC. The quantitative estimate of drug-likeness (QED) is 0.509. The average molecular weight is 236 g/mol. The summed E-state index contributed by atoms with van der Waals surface area (Å²) in [6.45, 7) is 6.45. The second kappa shape index (κ2) is 10.7. The predicted molar refractivity (Wildman–Crippen MR) is 66.1 cm³/mol. The van der Waals surface area contributed by atoms with E-state index in [1.54, 1.807) is 0 Å². The fraction of sp³-hybridized carbons (Fsp3) is 1.00. The summed E-state index contributed by atoms with van der Waals surface area (Å²) >= 11 is 0. The molecular formula is C6H21BO3Si3. The topological polar surface area (TPSA) is 27.7 Å². The predicted octanol–water partition coefficient (Wildman–Crippen LogP) is -0.413. The molecule has 0 aliphatic rings. The van der Waals surface area contributed by atoms with Gasteiger partial charge in [-0.1, -0.05) is 20.8 Å². The Hall–Kier alpha value is 0.596. The summed E-state index contributed by atoms with van der Waals surface area (Å²) in [5, 5.41) is 0. The molecule has 0 N–H and O–H groups in total. The van der Waals surface area contributed by atoms with Crippen molar-refractivity contribution in [3.05, 3.63) is 0 Å². The van der Waals surface area contributed by atoms with Gasteiger partial charge >= 0.3 is 7.32 Å². The third kappa shape index (κ3) is 8.91. The molecule has 0 aromatic heterocycles. The lowest BCUT2D eigenvalue weighted by Crippen LogP contribution is -2.31. The molecule has 0 aliphatic carbocycles. The van der Waals surface area contributed by atoms with Crippen LogP contribution >= 0.6 is 0 Å². The summed E-state index contributed by atoms with van der Waals surface area (Å²) in [6, 6.07) is 3.47. The van der Waals surface area contributed by atoms with Crippen LogP contribution in [0.15, 0.2) is 0 Å². The highest BCUT2D eigenvalue weighted by Crippen LogP contribution is 1.93. The van der Waals surface area contributed by atoms with Gasteiger partial charge in [-0.3, -0.25) is 0 Å². The number of hydrogen-bond donors (Lipinski definition) is 0. The Balaban J connectivity index is 3.47. The van der Waals surface area contributed by atoms with Crippen LogP contribution < -0.4 is 0 Å². The molecule has 0 spiro atoms. The second-order valence-corrected chi connectivity index (χ2v) is 8.13. The zero-order valence-corrected chi connectivity index (χ0v) is 13.3. The highest BCUT2D eigenvalue weighted by Gasteiger charge is 2.18. The van der Waals surface area contributed by atoms with Crippen LogP contribution in [0.4, 0.5) is 0 Å².